The molecule has 4 aromatic rings. The van der Waals surface area contributed by atoms with Crippen LogP contribution in [-0.2, 0) is 6.61 Å². The molecule has 0 radical (unpaired) electrons. The van der Waals surface area contributed by atoms with Crippen molar-refractivity contribution in [1.29, 1.82) is 0 Å². The van der Waals surface area contributed by atoms with E-state index >= 15 is 0 Å². The average Bonchev–Trinajstić information content (AvgIpc) is 2.75. The van der Waals surface area contributed by atoms with Crippen LogP contribution in [-0.4, -0.2) is 15.4 Å². The summed E-state index contributed by atoms with van der Waals surface area (Å²) in [6, 6.07) is 18.5. The number of nitrogens with one attached hydrogen (secondary N) is 2. The van der Waals surface area contributed by atoms with Crippen molar-refractivity contribution >= 4 is 34.7 Å². The SMILES string of the molecule is Cc1cccn2c(=O)cc(COc3ccccc3NC(=O)Nc3ccc(Cl)cc3)nc12. The second-order valence-electron chi connectivity index (χ2n) is 6.84. The second kappa shape index (κ2) is 8.89. The molecule has 2 aromatic carbocycles. The normalized spacial score (nSPS) is 10.6. The van der Waals surface area contributed by atoms with Crippen molar-refractivity contribution < 1.29 is 9.53 Å². The summed E-state index contributed by atoms with van der Waals surface area (Å²) in [6.45, 7) is 1.97. The molecule has 7 nitrogen and oxygen atoms in total. The van der Waals surface area contributed by atoms with Gasteiger partial charge in [-0.3, -0.25) is 9.20 Å². The van der Waals surface area contributed by atoms with Crippen LogP contribution in [0.2, 0.25) is 5.02 Å². The highest BCUT2D eigenvalue weighted by Crippen LogP contribution is 2.25. The molecule has 2 N–H and O–H groups in total. The maximum Gasteiger partial charge on any atom is 0.323 e. The van der Waals surface area contributed by atoms with Crippen LogP contribution in [0.1, 0.15) is 11.3 Å². The van der Waals surface area contributed by atoms with Crippen LogP contribution in [0.15, 0.2) is 77.7 Å². The maximum atomic E-state index is 12.4. The van der Waals surface area contributed by atoms with Gasteiger partial charge < -0.3 is 15.4 Å². The number of halogens is 1. The zero-order valence-corrected chi connectivity index (χ0v) is 17.4. The molecule has 31 heavy (non-hydrogen) atoms. The third-order valence-electron chi connectivity index (χ3n) is 4.55. The highest BCUT2D eigenvalue weighted by Gasteiger charge is 2.10. The molecule has 0 aliphatic heterocycles. The van der Waals surface area contributed by atoms with Crippen molar-refractivity contribution in [1.82, 2.24) is 9.38 Å². The number of urea groups is 1. The van der Waals surface area contributed by atoms with E-state index in [-0.39, 0.29) is 12.2 Å². The van der Waals surface area contributed by atoms with Gasteiger partial charge in [-0.25, -0.2) is 9.78 Å². The van der Waals surface area contributed by atoms with Gasteiger partial charge in [-0.1, -0.05) is 29.8 Å². The van der Waals surface area contributed by atoms with E-state index in [4.69, 9.17) is 16.3 Å². The number of ether oxygens (including phenoxy) is 1. The van der Waals surface area contributed by atoms with E-state index in [1.165, 1.54) is 10.5 Å². The fourth-order valence-electron chi connectivity index (χ4n) is 3.05. The lowest BCUT2D eigenvalue weighted by Crippen LogP contribution is -2.20. The number of fused-ring (bicyclic) bond motifs is 1. The molecule has 2 heterocycles. The van der Waals surface area contributed by atoms with E-state index < -0.39 is 6.03 Å². The minimum absolute atomic E-state index is 0.0809. The van der Waals surface area contributed by atoms with Gasteiger partial charge in [-0.2, -0.15) is 0 Å². The van der Waals surface area contributed by atoms with Crippen molar-refractivity contribution in [3.63, 3.8) is 0 Å². The van der Waals surface area contributed by atoms with Crippen molar-refractivity contribution in [2.45, 2.75) is 13.5 Å². The quantitative estimate of drug-likeness (QED) is 0.469. The Morgan fingerprint density at radius 2 is 1.84 bits per heavy atom. The number of hydrogen-bond donors (Lipinski definition) is 2. The van der Waals surface area contributed by atoms with Crippen molar-refractivity contribution in [2.24, 2.45) is 0 Å². The third kappa shape index (κ3) is 4.84. The number of nitrogens with zero attached hydrogens (tertiary/aromatic N) is 2. The first-order valence-corrected chi connectivity index (χ1v) is 9.91. The number of pyridine rings is 1. The van der Waals surface area contributed by atoms with Gasteiger partial charge in [0.05, 0.1) is 11.4 Å². The van der Waals surface area contributed by atoms with Crippen molar-refractivity contribution in [3.8, 4) is 5.75 Å². The Bertz CT molecular complexity index is 1300. The topological polar surface area (TPSA) is 84.7 Å². The first kappa shape index (κ1) is 20.4. The Hall–Kier alpha value is -3.84. The number of aromatic nitrogens is 2. The molecule has 0 atom stereocenters. The van der Waals surface area contributed by atoms with E-state index in [2.05, 4.69) is 15.6 Å². The number of anilines is 2. The monoisotopic (exact) mass is 434 g/mol. The fourth-order valence-corrected chi connectivity index (χ4v) is 3.17. The van der Waals surface area contributed by atoms with Crippen molar-refractivity contribution in [2.75, 3.05) is 10.6 Å². The van der Waals surface area contributed by atoms with Crippen LogP contribution in [0, 0.1) is 6.92 Å². The predicted molar refractivity (Wildman–Crippen MR) is 121 cm³/mol. The number of para-hydroxylation sites is 2. The molecule has 0 aliphatic carbocycles. The summed E-state index contributed by atoms with van der Waals surface area (Å²) < 4.78 is 7.36. The molecule has 2 amide bonds. The van der Waals surface area contributed by atoms with Gasteiger partial charge in [0.2, 0.25) is 0 Å². The van der Waals surface area contributed by atoms with Gasteiger partial charge in [0.25, 0.3) is 5.56 Å². The van der Waals surface area contributed by atoms with Gasteiger partial charge >= 0.3 is 6.03 Å². The number of carbonyl (C=O) groups excluding carboxylic acids is 1. The minimum atomic E-state index is -0.420. The number of carbonyl (C=O) groups is 1. The van der Waals surface area contributed by atoms with Crippen LogP contribution in [0.4, 0.5) is 16.2 Å². The van der Waals surface area contributed by atoms with Crippen LogP contribution in [0.25, 0.3) is 5.65 Å². The van der Waals surface area contributed by atoms with E-state index in [1.807, 2.05) is 13.0 Å². The molecule has 4 rings (SSSR count). The van der Waals surface area contributed by atoms with Crippen LogP contribution < -0.4 is 20.9 Å². The van der Waals surface area contributed by atoms with Gasteiger partial charge in [-0.15, -0.1) is 0 Å². The second-order valence-corrected chi connectivity index (χ2v) is 7.28. The highest BCUT2D eigenvalue weighted by atomic mass is 35.5. The fraction of sp³-hybridized carbons (Fsp3) is 0.0870. The molecule has 0 aliphatic rings. The largest absolute Gasteiger partial charge is 0.485 e. The Morgan fingerprint density at radius 3 is 2.65 bits per heavy atom. The molecule has 0 saturated carbocycles. The Morgan fingerprint density at radius 1 is 1.06 bits per heavy atom. The molecule has 0 saturated heterocycles. The average molecular weight is 435 g/mol. The number of benzene rings is 2. The van der Waals surface area contributed by atoms with Gasteiger partial charge in [0, 0.05) is 23.0 Å². The lowest BCUT2D eigenvalue weighted by molar-refractivity contribution is 0.261. The zero-order chi connectivity index (χ0) is 21.8. The maximum absolute atomic E-state index is 12.4. The Labute approximate surface area is 183 Å². The van der Waals surface area contributed by atoms with Gasteiger partial charge in [0.1, 0.15) is 18.0 Å². The van der Waals surface area contributed by atoms with Crippen molar-refractivity contribution in [3.05, 3.63) is 99.6 Å². The summed E-state index contributed by atoms with van der Waals surface area (Å²) in [5.74, 6) is 0.459. The standard InChI is InChI=1S/C23H19ClN4O3/c1-15-5-4-12-28-21(29)13-18(25-22(15)28)14-31-20-7-3-2-6-19(20)27-23(30)26-17-10-8-16(24)9-11-17/h2-13H,14H2,1H3,(H2,26,27,30). The first-order chi connectivity index (χ1) is 15.0. The van der Waals surface area contributed by atoms with Gasteiger partial charge in [0.15, 0.2) is 0 Å². The summed E-state index contributed by atoms with van der Waals surface area (Å²) in [5, 5.41) is 6.08. The molecular weight excluding hydrogens is 416 g/mol. The third-order valence-corrected chi connectivity index (χ3v) is 4.80. The number of hydrogen-bond acceptors (Lipinski definition) is 4. The number of amides is 2. The smallest absolute Gasteiger partial charge is 0.323 e. The Kier molecular flexibility index (Phi) is 5.86. The molecule has 2 aromatic heterocycles. The molecule has 0 bridgehead atoms. The molecular formula is C23H19ClN4O3. The van der Waals surface area contributed by atoms with E-state index in [0.717, 1.165) is 5.56 Å². The molecule has 0 spiro atoms. The van der Waals surface area contributed by atoms with Crippen LogP contribution in [0.5, 0.6) is 5.75 Å². The predicted octanol–water partition coefficient (Wildman–Crippen LogP) is 4.88. The molecule has 156 valence electrons. The summed E-state index contributed by atoms with van der Waals surface area (Å²) in [6.07, 6.45) is 1.68. The first-order valence-electron chi connectivity index (χ1n) is 9.53. The Balaban J connectivity index is 1.48. The van der Waals surface area contributed by atoms with E-state index in [9.17, 15) is 9.59 Å². The summed E-state index contributed by atoms with van der Waals surface area (Å²) in [5.41, 5.74) is 2.89. The highest BCUT2D eigenvalue weighted by molar-refractivity contribution is 6.30. The van der Waals surface area contributed by atoms with Crippen LogP contribution >= 0.6 is 11.6 Å². The number of aryl methyl sites for hydroxylation is 1. The lowest BCUT2D eigenvalue weighted by atomic mass is 10.3. The summed E-state index contributed by atoms with van der Waals surface area (Å²) >= 11 is 5.86. The minimum Gasteiger partial charge on any atom is -0.485 e. The molecule has 0 unspecified atom stereocenters. The van der Waals surface area contributed by atoms with Crippen LogP contribution in [0.3, 0.4) is 0 Å². The molecule has 0 fully saturated rings. The van der Waals surface area contributed by atoms with E-state index in [1.54, 1.807) is 60.8 Å². The van der Waals surface area contributed by atoms with E-state index in [0.29, 0.717) is 33.5 Å². The van der Waals surface area contributed by atoms with Gasteiger partial charge in [-0.05, 0) is 55.0 Å². The lowest BCUT2D eigenvalue weighted by Gasteiger charge is -2.13. The molecule has 8 heteroatoms. The number of rotatable bonds is 5. The zero-order valence-electron chi connectivity index (χ0n) is 16.6. The summed E-state index contributed by atoms with van der Waals surface area (Å²) in [7, 11) is 0. The summed E-state index contributed by atoms with van der Waals surface area (Å²) in [4.78, 5) is 29.3.